The number of hydrogen-bond acceptors (Lipinski definition) is 2. The zero-order valence-electron chi connectivity index (χ0n) is 10.2. The summed E-state index contributed by atoms with van der Waals surface area (Å²) >= 11 is 3.39. The first-order valence-corrected chi connectivity index (χ1v) is 6.55. The van der Waals surface area contributed by atoms with E-state index in [1.165, 1.54) is 12.1 Å². The Hall–Kier alpha value is -0.450. The number of rotatable bonds is 7. The fraction of sp³-hybridized carbons (Fsp3) is 0.538. The van der Waals surface area contributed by atoms with Crippen molar-refractivity contribution in [1.82, 2.24) is 0 Å². The third-order valence-corrected chi connectivity index (χ3v) is 3.24. The number of halogens is 2. The zero-order chi connectivity index (χ0) is 12.7. The third kappa shape index (κ3) is 5.15. The third-order valence-electron chi connectivity index (χ3n) is 2.47. The molecule has 4 heteroatoms. The van der Waals surface area contributed by atoms with Gasteiger partial charge in [-0.3, -0.25) is 0 Å². The van der Waals surface area contributed by atoms with E-state index in [1.54, 1.807) is 13.2 Å². The summed E-state index contributed by atoms with van der Waals surface area (Å²) in [5.74, 6) is -0.222. The molecule has 0 bridgehead atoms. The van der Waals surface area contributed by atoms with Gasteiger partial charge in [0.25, 0.3) is 0 Å². The van der Waals surface area contributed by atoms with E-state index in [1.807, 2.05) is 0 Å². The van der Waals surface area contributed by atoms with Gasteiger partial charge in [-0.25, -0.2) is 4.39 Å². The van der Waals surface area contributed by atoms with Crippen molar-refractivity contribution in [3.8, 4) is 0 Å². The lowest BCUT2D eigenvalue weighted by Crippen LogP contribution is -2.16. The van der Waals surface area contributed by atoms with E-state index in [0.29, 0.717) is 13.0 Å². The quantitative estimate of drug-likeness (QED) is 0.711. The molecule has 0 amide bonds. The topological polar surface area (TPSA) is 18.5 Å². The van der Waals surface area contributed by atoms with Crippen molar-refractivity contribution in [2.75, 3.05) is 13.7 Å². The van der Waals surface area contributed by atoms with Crippen LogP contribution in [0.4, 0.5) is 4.39 Å². The summed E-state index contributed by atoms with van der Waals surface area (Å²) in [4.78, 5) is 0. The molecule has 0 saturated carbocycles. The van der Waals surface area contributed by atoms with Crippen LogP contribution in [-0.4, -0.2) is 20.0 Å². The lowest BCUT2D eigenvalue weighted by molar-refractivity contribution is -0.126. The van der Waals surface area contributed by atoms with Crippen LogP contribution in [0.3, 0.4) is 0 Å². The minimum absolute atomic E-state index is 0.160. The van der Waals surface area contributed by atoms with Crippen LogP contribution in [0.25, 0.3) is 0 Å². The highest BCUT2D eigenvalue weighted by Gasteiger charge is 2.07. The normalized spacial score (nSPS) is 12.7. The van der Waals surface area contributed by atoms with Crippen molar-refractivity contribution in [2.45, 2.75) is 32.5 Å². The van der Waals surface area contributed by atoms with Gasteiger partial charge in [0, 0.05) is 11.6 Å². The molecule has 0 aliphatic rings. The van der Waals surface area contributed by atoms with Crippen LogP contribution < -0.4 is 0 Å². The van der Waals surface area contributed by atoms with Crippen molar-refractivity contribution >= 4 is 15.9 Å². The Morgan fingerprint density at radius 1 is 1.41 bits per heavy atom. The van der Waals surface area contributed by atoms with Crippen LogP contribution in [0.15, 0.2) is 22.7 Å². The second kappa shape index (κ2) is 7.80. The fourth-order valence-corrected chi connectivity index (χ4v) is 1.99. The van der Waals surface area contributed by atoms with E-state index >= 15 is 0 Å². The van der Waals surface area contributed by atoms with Gasteiger partial charge < -0.3 is 9.47 Å². The summed E-state index contributed by atoms with van der Waals surface area (Å²) in [7, 11) is 1.64. The maximum Gasteiger partial charge on any atom is 0.157 e. The second-order valence-corrected chi connectivity index (χ2v) is 4.66. The van der Waals surface area contributed by atoms with Gasteiger partial charge in [0.15, 0.2) is 6.29 Å². The van der Waals surface area contributed by atoms with Crippen LogP contribution in [0.5, 0.6) is 0 Å². The van der Waals surface area contributed by atoms with Gasteiger partial charge in [-0.1, -0.05) is 29.3 Å². The van der Waals surface area contributed by atoms with Crippen LogP contribution in [-0.2, 0) is 15.9 Å². The molecule has 1 aromatic carbocycles. The zero-order valence-corrected chi connectivity index (χ0v) is 11.8. The van der Waals surface area contributed by atoms with Gasteiger partial charge >= 0.3 is 0 Å². The molecule has 96 valence electrons. The molecule has 0 aliphatic carbocycles. The first kappa shape index (κ1) is 14.6. The molecule has 0 saturated heterocycles. The molecule has 0 N–H and O–H groups in total. The second-order valence-electron chi connectivity index (χ2n) is 3.81. The average Bonchev–Trinajstić information content (AvgIpc) is 2.32. The first-order chi connectivity index (χ1) is 8.17. The number of ether oxygens (including phenoxy) is 2. The maximum atomic E-state index is 13.0. The molecule has 0 heterocycles. The lowest BCUT2D eigenvalue weighted by atomic mass is 10.1. The molecular weight excluding hydrogens is 287 g/mol. The molecule has 1 rings (SSSR count). The van der Waals surface area contributed by atoms with Crippen molar-refractivity contribution in [2.24, 2.45) is 0 Å². The Labute approximate surface area is 110 Å². The van der Waals surface area contributed by atoms with Gasteiger partial charge in [-0.15, -0.1) is 0 Å². The van der Waals surface area contributed by atoms with E-state index in [0.717, 1.165) is 22.9 Å². The lowest BCUT2D eigenvalue weighted by Gasteiger charge is -2.15. The van der Waals surface area contributed by atoms with Crippen molar-refractivity contribution in [1.29, 1.82) is 0 Å². The summed E-state index contributed by atoms with van der Waals surface area (Å²) in [6.07, 6.45) is 2.40. The summed E-state index contributed by atoms with van der Waals surface area (Å²) in [6.45, 7) is 2.61. The average molecular weight is 305 g/mol. The molecule has 1 unspecified atom stereocenters. The molecule has 2 nitrogen and oxygen atoms in total. The number of benzene rings is 1. The van der Waals surface area contributed by atoms with E-state index in [2.05, 4.69) is 22.9 Å². The molecular formula is C13H18BrFO2. The van der Waals surface area contributed by atoms with Crippen LogP contribution in [0, 0.1) is 5.82 Å². The van der Waals surface area contributed by atoms with E-state index in [-0.39, 0.29) is 12.1 Å². The van der Waals surface area contributed by atoms with E-state index in [4.69, 9.17) is 9.47 Å². The van der Waals surface area contributed by atoms with Gasteiger partial charge in [0.05, 0.1) is 6.61 Å². The minimum atomic E-state index is -0.222. The minimum Gasteiger partial charge on any atom is -0.356 e. The van der Waals surface area contributed by atoms with Crippen molar-refractivity contribution in [3.05, 3.63) is 34.1 Å². The monoisotopic (exact) mass is 304 g/mol. The number of hydrogen-bond donors (Lipinski definition) is 0. The van der Waals surface area contributed by atoms with Gasteiger partial charge in [0.2, 0.25) is 0 Å². The highest BCUT2D eigenvalue weighted by atomic mass is 79.9. The molecule has 17 heavy (non-hydrogen) atoms. The maximum absolute atomic E-state index is 13.0. The van der Waals surface area contributed by atoms with Crippen LogP contribution in [0.2, 0.25) is 0 Å². The summed E-state index contributed by atoms with van der Waals surface area (Å²) in [5.41, 5.74) is 0.913. The Morgan fingerprint density at radius 3 is 2.82 bits per heavy atom. The largest absolute Gasteiger partial charge is 0.356 e. The van der Waals surface area contributed by atoms with E-state index < -0.39 is 0 Å². The predicted octanol–water partition coefficient (Wildman–Crippen LogP) is 3.92. The fourth-order valence-electron chi connectivity index (χ4n) is 1.54. The van der Waals surface area contributed by atoms with Crippen molar-refractivity contribution in [3.63, 3.8) is 0 Å². The Balaban J connectivity index is 2.42. The summed E-state index contributed by atoms with van der Waals surface area (Å²) in [6, 6.07) is 4.67. The summed E-state index contributed by atoms with van der Waals surface area (Å²) < 4.78 is 24.7. The van der Waals surface area contributed by atoms with Crippen LogP contribution >= 0.6 is 15.9 Å². The van der Waals surface area contributed by atoms with Gasteiger partial charge in [0.1, 0.15) is 5.82 Å². The molecule has 0 fully saturated rings. The standard InChI is InChI=1S/C13H18BrFO2/c1-3-4-13(16-2)17-8-7-10-9-11(15)5-6-12(10)14/h5-6,9,13H,3-4,7-8H2,1-2H3. The van der Waals surface area contributed by atoms with Gasteiger partial charge in [-0.2, -0.15) is 0 Å². The molecule has 1 aromatic rings. The molecule has 1 atom stereocenters. The highest BCUT2D eigenvalue weighted by Crippen LogP contribution is 2.18. The first-order valence-electron chi connectivity index (χ1n) is 5.75. The Kier molecular flexibility index (Phi) is 6.70. The van der Waals surface area contributed by atoms with E-state index in [9.17, 15) is 4.39 Å². The van der Waals surface area contributed by atoms with Gasteiger partial charge in [-0.05, 0) is 36.6 Å². The molecule has 0 aromatic heterocycles. The summed E-state index contributed by atoms with van der Waals surface area (Å²) in [5, 5.41) is 0. The Morgan fingerprint density at radius 2 is 2.18 bits per heavy atom. The molecule has 0 radical (unpaired) electrons. The van der Waals surface area contributed by atoms with Crippen LogP contribution in [0.1, 0.15) is 25.3 Å². The number of methoxy groups -OCH3 is 1. The molecule has 0 spiro atoms. The molecule has 0 aliphatic heterocycles. The Bertz CT molecular complexity index is 344. The van der Waals surface area contributed by atoms with Crippen molar-refractivity contribution < 1.29 is 13.9 Å². The highest BCUT2D eigenvalue weighted by molar-refractivity contribution is 9.10. The smallest absolute Gasteiger partial charge is 0.157 e. The predicted molar refractivity (Wildman–Crippen MR) is 69.5 cm³/mol. The SMILES string of the molecule is CCCC(OC)OCCc1cc(F)ccc1Br.